The van der Waals surface area contributed by atoms with E-state index in [-0.39, 0.29) is 11.8 Å². The van der Waals surface area contributed by atoms with E-state index in [2.05, 4.69) is 34.6 Å². The molecule has 2 rings (SSSR count). The highest BCUT2D eigenvalue weighted by Gasteiger charge is 2.15. The summed E-state index contributed by atoms with van der Waals surface area (Å²) in [5.74, 6) is 0.675. The number of hydrogen-bond acceptors (Lipinski definition) is 3. The first-order valence-electron chi connectivity index (χ1n) is 6.39. The lowest BCUT2D eigenvalue weighted by atomic mass is 9.93. The van der Waals surface area contributed by atoms with E-state index in [9.17, 15) is 4.79 Å². The van der Waals surface area contributed by atoms with Gasteiger partial charge in [-0.2, -0.15) is 0 Å². The van der Waals surface area contributed by atoms with Gasteiger partial charge in [-0.3, -0.25) is 10.1 Å². The van der Waals surface area contributed by atoms with Crippen LogP contribution in [-0.2, 0) is 11.8 Å². The van der Waals surface area contributed by atoms with Crippen LogP contribution in [0.1, 0.15) is 31.2 Å². The van der Waals surface area contributed by atoms with Crippen molar-refractivity contribution in [2.45, 2.75) is 25.7 Å². The zero-order valence-electron chi connectivity index (χ0n) is 11.2. The van der Waals surface area contributed by atoms with E-state index in [4.69, 9.17) is 0 Å². The Morgan fingerprint density at radius 3 is 2.68 bits per heavy atom. The monoisotopic (exact) mass is 258 g/mol. The summed E-state index contributed by atoms with van der Waals surface area (Å²) < 4.78 is 1.68. The number of benzene rings is 1. The molecule has 0 saturated heterocycles. The predicted molar refractivity (Wildman–Crippen MR) is 73.7 cm³/mol. The summed E-state index contributed by atoms with van der Waals surface area (Å²) in [6, 6.07) is 10.1. The van der Waals surface area contributed by atoms with Crippen LogP contribution in [0.15, 0.2) is 36.7 Å². The third kappa shape index (κ3) is 3.40. The second-order valence-corrected chi connectivity index (χ2v) is 4.53. The van der Waals surface area contributed by atoms with Gasteiger partial charge in [0, 0.05) is 13.5 Å². The summed E-state index contributed by atoms with van der Waals surface area (Å²) in [7, 11) is 1.80. The largest absolute Gasteiger partial charge is 0.303 e. The van der Waals surface area contributed by atoms with Crippen molar-refractivity contribution in [2.75, 3.05) is 5.32 Å². The number of aryl methyl sites for hydroxylation is 1. The summed E-state index contributed by atoms with van der Waals surface area (Å²) in [5, 5.41) is 10.3. The lowest BCUT2D eigenvalue weighted by Gasteiger charge is -2.14. The maximum absolute atomic E-state index is 12.0. The number of rotatable bonds is 5. The van der Waals surface area contributed by atoms with Crippen LogP contribution in [0.4, 0.5) is 5.95 Å². The van der Waals surface area contributed by atoms with Crippen LogP contribution in [0.2, 0.25) is 0 Å². The smallest absolute Gasteiger partial charge is 0.230 e. The Labute approximate surface area is 112 Å². The van der Waals surface area contributed by atoms with Gasteiger partial charge in [0.15, 0.2) is 0 Å². The van der Waals surface area contributed by atoms with E-state index in [1.165, 1.54) is 5.56 Å². The maximum Gasteiger partial charge on any atom is 0.230 e. The third-order valence-electron chi connectivity index (χ3n) is 3.16. The third-order valence-corrected chi connectivity index (χ3v) is 3.16. The molecule has 1 aromatic carbocycles. The molecule has 1 aromatic heterocycles. The molecule has 0 bridgehead atoms. The van der Waals surface area contributed by atoms with Crippen molar-refractivity contribution in [1.82, 2.24) is 14.8 Å². The van der Waals surface area contributed by atoms with Crippen LogP contribution in [0.5, 0.6) is 0 Å². The number of carbonyl (C=O) groups is 1. The number of carbonyl (C=O) groups excluding carboxylic acids is 1. The summed E-state index contributed by atoms with van der Waals surface area (Å²) in [6.07, 6.45) is 2.94. The molecule has 0 spiro atoms. The minimum atomic E-state index is -0.0354. The molecule has 0 radical (unpaired) electrons. The number of amides is 1. The lowest BCUT2D eigenvalue weighted by Crippen LogP contribution is -2.17. The Morgan fingerprint density at radius 1 is 1.37 bits per heavy atom. The summed E-state index contributed by atoms with van der Waals surface area (Å²) >= 11 is 0. The Morgan fingerprint density at radius 2 is 2.11 bits per heavy atom. The standard InChI is InChI=1S/C14H18N4O/c1-3-11(12-7-5-4-6-8-12)9-13(19)16-14-17-15-10-18(14)2/h4-8,10-11H,3,9H2,1-2H3,(H,16,17,19). The van der Waals surface area contributed by atoms with Gasteiger partial charge in [0.25, 0.3) is 0 Å². The molecule has 5 heteroatoms. The Balaban J connectivity index is 1.99. The van der Waals surface area contributed by atoms with Crippen molar-refractivity contribution in [2.24, 2.45) is 7.05 Å². The van der Waals surface area contributed by atoms with Crippen LogP contribution in [0, 0.1) is 0 Å². The van der Waals surface area contributed by atoms with E-state index >= 15 is 0 Å². The molecule has 0 fully saturated rings. The highest BCUT2D eigenvalue weighted by molar-refractivity contribution is 5.89. The molecule has 1 heterocycles. The zero-order valence-corrected chi connectivity index (χ0v) is 11.2. The fraction of sp³-hybridized carbons (Fsp3) is 0.357. The van der Waals surface area contributed by atoms with E-state index < -0.39 is 0 Å². The lowest BCUT2D eigenvalue weighted by molar-refractivity contribution is -0.116. The summed E-state index contributed by atoms with van der Waals surface area (Å²) in [4.78, 5) is 12.0. The second kappa shape index (κ2) is 6.13. The van der Waals surface area contributed by atoms with Crippen molar-refractivity contribution in [3.05, 3.63) is 42.2 Å². The van der Waals surface area contributed by atoms with Gasteiger partial charge in [-0.05, 0) is 17.9 Å². The van der Waals surface area contributed by atoms with Gasteiger partial charge in [0.1, 0.15) is 6.33 Å². The molecule has 5 nitrogen and oxygen atoms in total. The van der Waals surface area contributed by atoms with Crippen molar-refractivity contribution in [3.63, 3.8) is 0 Å². The molecule has 100 valence electrons. The number of nitrogens with zero attached hydrogens (tertiary/aromatic N) is 3. The minimum absolute atomic E-state index is 0.0354. The average Bonchev–Trinajstić information content (AvgIpc) is 2.82. The predicted octanol–water partition coefficient (Wildman–Crippen LogP) is 2.34. The van der Waals surface area contributed by atoms with E-state index in [1.54, 1.807) is 17.9 Å². The van der Waals surface area contributed by atoms with Crippen molar-refractivity contribution in [3.8, 4) is 0 Å². The molecule has 0 saturated carbocycles. The molecule has 1 atom stereocenters. The van der Waals surface area contributed by atoms with E-state index in [0.717, 1.165) is 6.42 Å². The Kier molecular flexibility index (Phi) is 4.28. The normalized spacial score (nSPS) is 12.1. The van der Waals surface area contributed by atoms with Crippen LogP contribution in [0.3, 0.4) is 0 Å². The van der Waals surface area contributed by atoms with Crippen molar-refractivity contribution < 1.29 is 4.79 Å². The molecule has 0 aliphatic heterocycles. The van der Waals surface area contributed by atoms with Gasteiger partial charge in [-0.15, -0.1) is 10.2 Å². The summed E-state index contributed by atoms with van der Waals surface area (Å²) in [5.41, 5.74) is 1.19. The van der Waals surface area contributed by atoms with Gasteiger partial charge in [-0.1, -0.05) is 37.3 Å². The van der Waals surface area contributed by atoms with E-state index in [1.807, 2.05) is 18.2 Å². The quantitative estimate of drug-likeness (QED) is 0.895. The summed E-state index contributed by atoms with van der Waals surface area (Å²) in [6.45, 7) is 2.09. The first-order valence-corrected chi connectivity index (χ1v) is 6.39. The topological polar surface area (TPSA) is 59.8 Å². The number of anilines is 1. The van der Waals surface area contributed by atoms with Crippen LogP contribution >= 0.6 is 0 Å². The average molecular weight is 258 g/mol. The Bertz CT molecular complexity index is 535. The fourth-order valence-electron chi connectivity index (χ4n) is 2.02. The van der Waals surface area contributed by atoms with Crippen LogP contribution in [-0.4, -0.2) is 20.7 Å². The first kappa shape index (κ1) is 13.3. The van der Waals surface area contributed by atoms with Gasteiger partial charge >= 0.3 is 0 Å². The highest BCUT2D eigenvalue weighted by atomic mass is 16.1. The van der Waals surface area contributed by atoms with E-state index in [0.29, 0.717) is 12.4 Å². The van der Waals surface area contributed by atoms with Crippen molar-refractivity contribution >= 4 is 11.9 Å². The number of hydrogen-bond donors (Lipinski definition) is 1. The molecule has 0 aliphatic rings. The number of nitrogens with one attached hydrogen (secondary N) is 1. The fourth-order valence-corrected chi connectivity index (χ4v) is 2.02. The molecule has 2 aromatic rings. The van der Waals surface area contributed by atoms with Gasteiger partial charge in [-0.25, -0.2) is 0 Å². The first-order chi connectivity index (χ1) is 9.20. The molecule has 19 heavy (non-hydrogen) atoms. The molecule has 0 aliphatic carbocycles. The molecular formula is C14H18N4O. The van der Waals surface area contributed by atoms with Crippen LogP contribution in [0.25, 0.3) is 0 Å². The molecular weight excluding hydrogens is 240 g/mol. The van der Waals surface area contributed by atoms with Crippen LogP contribution < -0.4 is 5.32 Å². The highest BCUT2D eigenvalue weighted by Crippen LogP contribution is 2.23. The zero-order chi connectivity index (χ0) is 13.7. The molecule has 1 amide bonds. The van der Waals surface area contributed by atoms with Crippen molar-refractivity contribution in [1.29, 1.82) is 0 Å². The van der Waals surface area contributed by atoms with Gasteiger partial charge in [0.2, 0.25) is 11.9 Å². The second-order valence-electron chi connectivity index (χ2n) is 4.53. The van der Waals surface area contributed by atoms with Gasteiger partial charge in [0.05, 0.1) is 0 Å². The SMILES string of the molecule is CCC(CC(=O)Nc1nncn1C)c1ccccc1. The minimum Gasteiger partial charge on any atom is -0.303 e. The molecule has 1 unspecified atom stereocenters. The maximum atomic E-state index is 12.0. The molecule has 1 N–H and O–H groups in total. The number of aromatic nitrogens is 3. The van der Waals surface area contributed by atoms with Gasteiger partial charge < -0.3 is 4.57 Å². The Hall–Kier alpha value is -2.17.